The summed E-state index contributed by atoms with van der Waals surface area (Å²) in [7, 11) is 0. The van der Waals surface area contributed by atoms with E-state index in [1.807, 2.05) is 32.0 Å². The van der Waals surface area contributed by atoms with Gasteiger partial charge < -0.3 is 16.2 Å². The fourth-order valence-electron chi connectivity index (χ4n) is 4.52. The minimum Gasteiger partial charge on any atom is -0.481 e. The van der Waals surface area contributed by atoms with E-state index in [4.69, 9.17) is 5.73 Å². The highest BCUT2D eigenvalue weighted by atomic mass is 16.4. The second-order valence-electron chi connectivity index (χ2n) is 8.37. The number of fused-ring (bicyclic) bond motifs is 1. The Labute approximate surface area is 155 Å². The summed E-state index contributed by atoms with van der Waals surface area (Å²) >= 11 is 0. The van der Waals surface area contributed by atoms with Gasteiger partial charge in [0.2, 0.25) is 5.91 Å². The van der Waals surface area contributed by atoms with Crippen molar-refractivity contribution in [2.45, 2.75) is 64.8 Å². The second-order valence-corrected chi connectivity index (χ2v) is 8.37. The van der Waals surface area contributed by atoms with Crippen molar-refractivity contribution in [1.82, 2.24) is 0 Å². The zero-order valence-corrected chi connectivity index (χ0v) is 15.8. The van der Waals surface area contributed by atoms with Crippen LogP contribution in [0.15, 0.2) is 18.2 Å². The van der Waals surface area contributed by atoms with E-state index in [0.717, 1.165) is 36.8 Å². The van der Waals surface area contributed by atoms with Gasteiger partial charge in [0, 0.05) is 5.69 Å². The van der Waals surface area contributed by atoms with Crippen LogP contribution in [0.2, 0.25) is 0 Å². The van der Waals surface area contributed by atoms with Gasteiger partial charge in [-0.3, -0.25) is 9.59 Å². The lowest BCUT2D eigenvalue weighted by Gasteiger charge is -2.28. The maximum Gasteiger partial charge on any atom is 0.310 e. The van der Waals surface area contributed by atoms with Crippen molar-refractivity contribution in [3.8, 4) is 0 Å². The lowest BCUT2D eigenvalue weighted by Crippen LogP contribution is -2.42. The van der Waals surface area contributed by atoms with E-state index >= 15 is 0 Å². The Morgan fingerprint density at radius 3 is 2.42 bits per heavy atom. The molecule has 1 unspecified atom stereocenters. The van der Waals surface area contributed by atoms with Crippen LogP contribution in [0.4, 0.5) is 5.69 Å². The first-order valence-corrected chi connectivity index (χ1v) is 9.75. The Morgan fingerprint density at radius 2 is 1.81 bits per heavy atom. The fraction of sp³-hybridized carbons (Fsp3) is 0.619. The molecule has 0 aromatic heterocycles. The molecule has 142 valence electrons. The minimum atomic E-state index is -0.747. The molecule has 2 aliphatic carbocycles. The molecule has 3 rings (SSSR count). The molecule has 0 radical (unpaired) electrons. The summed E-state index contributed by atoms with van der Waals surface area (Å²) in [5.74, 6) is -0.569. The predicted molar refractivity (Wildman–Crippen MR) is 102 cm³/mol. The van der Waals surface area contributed by atoms with Crippen LogP contribution >= 0.6 is 0 Å². The van der Waals surface area contributed by atoms with E-state index in [-0.39, 0.29) is 17.7 Å². The molecule has 0 spiro atoms. The molecule has 0 saturated heterocycles. The molecule has 1 fully saturated rings. The van der Waals surface area contributed by atoms with Crippen molar-refractivity contribution in [1.29, 1.82) is 0 Å². The summed E-state index contributed by atoms with van der Waals surface area (Å²) < 4.78 is 0. The molecule has 5 heteroatoms. The maximum atomic E-state index is 12.5. The number of aliphatic carboxylic acids is 1. The summed E-state index contributed by atoms with van der Waals surface area (Å²) in [4.78, 5) is 24.4. The van der Waals surface area contributed by atoms with Crippen molar-refractivity contribution in [2.24, 2.45) is 23.0 Å². The van der Waals surface area contributed by atoms with Gasteiger partial charge in [-0.25, -0.2) is 0 Å². The van der Waals surface area contributed by atoms with Crippen LogP contribution in [0.5, 0.6) is 0 Å². The molecule has 1 amide bonds. The van der Waals surface area contributed by atoms with E-state index in [2.05, 4.69) is 5.32 Å². The zero-order valence-electron chi connectivity index (χ0n) is 15.8. The first-order valence-electron chi connectivity index (χ1n) is 9.75. The van der Waals surface area contributed by atoms with Crippen molar-refractivity contribution in [3.63, 3.8) is 0 Å². The molecule has 26 heavy (non-hydrogen) atoms. The third kappa shape index (κ3) is 3.50. The largest absolute Gasteiger partial charge is 0.481 e. The molecule has 1 aromatic carbocycles. The van der Waals surface area contributed by atoms with Crippen LogP contribution < -0.4 is 11.1 Å². The molecule has 2 atom stereocenters. The Morgan fingerprint density at radius 1 is 1.15 bits per heavy atom. The average Bonchev–Trinajstić information content (AvgIpc) is 3.02. The van der Waals surface area contributed by atoms with Crippen LogP contribution in [0, 0.1) is 17.3 Å². The standard InChI is InChI=1S/C21H30N2O3/c1-13(2)21(20(25)26)11-15-8-9-17(10-16(15)12-21)23-19(24)18(22)14-6-4-3-5-7-14/h8-10,13-14,18H,3-7,11-12,22H2,1-2H3,(H,23,24)(H,25,26)/t18-,21?/m0/s1. The summed E-state index contributed by atoms with van der Waals surface area (Å²) in [6.45, 7) is 3.93. The van der Waals surface area contributed by atoms with Crippen molar-refractivity contribution < 1.29 is 14.7 Å². The molecule has 0 heterocycles. The topological polar surface area (TPSA) is 92.4 Å². The van der Waals surface area contributed by atoms with Gasteiger partial charge in [0.25, 0.3) is 0 Å². The maximum absolute atomic E-state index is 12.5. The first-order chi connectivity index (χ1) is 12.3. The quantitative estimate of drug-likeness (QED) is 0.752. The monoisotopic (exact) mass is 358 g/mol. The molecule has 5 nitrogen and oxygen atoms in total. The molecule has 1 saturated carbocycles. The lowest BCUT2D eigenvalue weighted by molar-refractivity contribution is -0.151. The summed E-state index contributed by atoms with van der Waals surface area (Å²) in [5.41, 5.74) is 8.24. The number of amides is 1. The van der Waals surface area contributed by atoms with Gasteiger partial charge in [0.1, 0.15) is 0 Å². The molecule has 4 N–H and O–H groups in total. The summed E-state index contributed by atoms with van der Waals surface area (Å²) in [6, 6.07) is 5.26. The predicted octanol–water partition coefficient (Wildman–Crippen LogP) is 3.36. The van der Waals surface area contributed by atoms with Crippen molar-refractivity contribution in [2.75, 3.05) is 5.32 Å². The zero-order chi connectivity index (χ0) is 18.9. The van der Waals surface area contributed by atoms with E-state index in [0.29, 0.717) is 18.5 Å². The highest BCUT2D eigenvalue weighted by Gasteiger charge is 2.46. The third-order valence-electron chi connectivity index (χ3n) is 6.48. The highest BCUT2D eigenvalue weighted by molar-refractivity contribution is 5.95. The van der Waals surface area contributed by atoms with Gasteiger partial charge in [-0.15, -0.1) is 0 Å². The van der Waals surface area contributed by atoms with E-state index in [1.54, 1.807) is 0 Å². The highest BCUT2D eigenvalue weighted by Crippen LogP contribution is 2.43. The van der Waals surface area contributed by atoms with Gasteiger partial charge >= 0.3 is 5.97 Å². The van der Waals surface area contributed by atoms with Crippen LogP contribution in [0.25, 0.3) is 0 Å². The van der Waals surface area contributed by atoms with E-state index in [1.165, 1.54) is 6.42 Å². The number of rotatable bonds is 5. The fourth-order valence-corrected chi connectivity index (χ4v) is 4.52. The summed E-state index contributed by atoms with van der Waals surface area (Å²) in [6.07, 6.45) is 6.63. The molecule has 0 aliphatic heterocycles. The number of carbonyl (C=O) groups excluding carboxylic acids is 1. The van der Waals surface area contributed by atoms with Crippen LogP contribution in [0.1, 0.15) is 57.1 Å². The third-order valence-corrected chi connectivity index (χ3v) is 6.48. The van der Waals surface area contributed by atoms with Crippen molar-refractivity contribution >= 4 is 17.6 Å². The van der Waals surface area contributed by atoms with Gasteiger partial charge in [0.05, 0.1) is 11.5 Å². The Bertz CT molecular complexity index is 694. The molecule has 0 bridgehead atoms. The Kier molecular flexibility index (Phi) is 5.37. The van der Waals surface area contributed by atoms with Gasteiger partial charge in [-0.2, -0.15) is 0 Å². The Balaban J connectivity index is 1.71. The number of hydrogen-bond donors (Lipinski definition) is 3. The number of benzene rings is 1. The number of anilines is 1. The van der Waals surface area contributed by atoms with Gasteiger partial charge in [-0.1, -0.05) is 39.2 Å². The molecule has 1 aromatic rings. The molecular weight excluding hydrogens is 328 g/mol. The van der Waals surface area contributed by atoms with E-state index < -0.39 is 17.4 Å². The minimum absolute atomic E-state index is 0.0464. The SMILES string of the molecule is CC(C)C1(C(=O)O)Cc2ccc(NC(=O)[C@@H](N)C3CCCCC3)cc2C1. The van der Waals surface area contributed by atoms with Crippen LogP contribution in [0.3, 0.4) is 0 Å². The Hall–Kier alpha value is -1.88. The smallest absolute Gasteiger partial charge is 0.310 e. The van der Waals surface area contributed by atoms with Crippen LogP contribution in [-0.2, 0) is 22.4 Å². The number of carboxylic acid groups (broad SMARTS) is 1. The number of carbonyl (C=O) groups is 2. The van der Waals surface area contributed by atoms with Gasteiger partial charge in [0.15, 0.2) is 0 Å². The second kappa shape index (κ2) is 7.39. The molecule has 2 aliphatic rings. The lowest BCUT2D eigenvalue weighted by atomic mass is 9.75. The number of nitrogens with one attached hydrogen (secondary N) is 1. The van der Waals surface area contributed by atoms with Crippen LogP contribution in [-0.4, -0.2) is 23.0 Å². The number of hydrogen-bond acceptors (Lipinski definition) is 3. The first kappa shape index (κ1) is 18.9. The van der Waals surface area contributed by atoms with Crippen molar-refractivity contribution in [3.05, 3.63) is 29.3 Å². The summed E-state index contributed by atoms with van der Waals surface area (Å²) in [5, 5.41) is 12.7. The normalized spacial score (nSPS) is 24.3. The molecular formula is C21H30N2O3. The van der Waals surface area contributed by atoms with Gasteiger partial charge in [-0.05, 0) is 60.8 Å². The average molecular weight is 358 g/mol. The van der Waals surface area contributed by atoms with E-state index in [9.17, 15) is 14.7 Å². The number of nitrogens with two attached hydrogens (primary N) is 1. The number of carboxylic acids is 1.